The maximum absolute atomic E-state index is 12.7. The largest absolute Gasteiger partial charge is 0.451 e. The number of furan rings is 1. The lowest BCUT2D eigenvalue weighted by atomic mass is 10.2. The molecule has 0 spiro atoms. The molecule has 2 N–H and O–H groups in total. The Kier molecular flexibility index (Phi) is 6.62. The van der Waals surface area contributed by atoms with Crippen molar-refractivity contribution in [2.75, 3.05) is 5.32 Å². The molecule has 156 valence electrons. The van der Waals surface area contributed by atoms with Gasteiger partial charge in [-0.15, -0.1) is 0 Å². The van der Waals surface area contributed by atoms with Crippen LogP contribution in [0.1, 0.15) is 16.1 Å². The van der Waals surface area contributed by atoms with Gasteiger partial charge in [0, 0.05) is 5.56 Å². The van der Waals surface area contributed by atoms with Gasteiger partial charge in [-0.25, -0.2) is 0 Å². The Morgan fingerprint density at radius 1 is 0.933 bits per heavy atom. The van der Waals surface area contributed by atoms with Gasteiger partial charge < -0.3 is 9.73 Å². The van der Waals surface area contributed by atoms with E-state index in [1.165, 1.54) is 6.07 Å². The third-order valence-corrected chi connectivity index (χ3v) is 5.06. The molecule has 1 amide bonds. The maximum atomic E-state index is 12.7. The van der Waals surface area contributed by atoms with Crippen LogP contribution in [0.5, 0.6) is 0 Å². The Labute approximate surface area is 188 Å². The van der Waals surface area contributed by atoms with Gasteiger partial charge in [-0.05, 0) is 60.7 Å². The van der Waals surface area contributed by atoms with Crippen LogP contribution in [0.2, 0.25) is 15.1 Å². The smallest absolute Gasteiger partial charge is 0.416 e. The molecule has 0 fully saturated rings. The predicted octanol–water partition coefficient (Wildman–Crippen LogP) is 7.05. The van der Waals surface area contributed by atoms with Gasteiger partial charge in [0.25, 0.3) is 5.91 Å². The van der Waals surface area contributed by atoms with Crippen LogP contribution in [0, 0.1) is 0 Å². The van der Waals surface area contributed by atoms with E-state index in [1.54, 1.807) is 24.3 Å². The fraction of sp³-hybridized carbons (Fsp3) is 0.0526. The van der Waals surface area contributed by atoms with Crippen LogP contribution < -0.4 is 10.6 Å². The number of rotatable bonds is 3. The fourth-order valence-electron chi connectivity index (χ4n) is 2.38. The van der Waals surface area contributed by atoms with Gasteiger partial charge >= 0.3 is 6.18 Å². The Morgan fingerprint density at radius 2 is 1.67 bits per heavy atom. The third kappa shape index (κ3) is 5.26. The van der Waals surface area contributed by atoms with E-state index < -0.39 is 17.6 Å². The highest BCUT2D eigenvalue weighted by molar-refractivity contribution is 7.80. The van der Waals surface area contributed by atoms with Gasteiger partial charge in [0.2, 0.25) is 0 Å². The van der Waals surface area contributed by atoms with Crippen LogP contribution in [0.15, 0.2) is 52.9 Å². The van der Waals surface area contributed by atoms with E-state index in [0.29, 0.717) is 21.4 Å². The molecule has 2 aromatic carbocycles. The second-order valence-electron chi connectivity index (χ2n) is 5.89. The quantitative estimate of drug-likeness (QED) is 0.384. The van der Waals surface area contributed by atoms with Crippen molar-refractivity contribution in [2.45, 2.75) is 6.18 Å². The highest BCUT2D eigenvalue weighted by Crippen LogP contribution is 2.34. The molecule has 1 aromatic heterocycles. The van der Waals surface area contributed by atoms with Crippen LogP contribution in [0.3, 0.4) is 0 Å². The summed E-state index contributed by atoms with van der Waals surface area (Å²) in [6.45, 7) is 0. The molecule has 0 radical (unpaired) electrons. The first-order valence-corrected chi connectivity index (χ1v) is 9.63. The van der Waals surface area contributed by atoms with E-state index in [2.05, 4.69) is 10.6 Å². The highest BCUT2D eigenvalue weighted by Gasteiger charge is 2.31. The molecule has 1 heterocycles. The SMILES string of the molecule is O=C(NC(=S)Nc1ccc(C(F)(F)F)cc1Cl)c1ccc(-c2ccc(Cl)c(Cl)c2)o1. The van der Waals surface area contributed by atoms with Gasteiger partial charge in [-0.1, -0.05) is 34.8 Å². The average Bonchev–Trinajstić information content (AvgIpc) is 3.15. The van der Waals surface area contributed by atoms with Crippen LogP contribution >= 0.6 is 47.0 Å². The zero-order valence-electron chi connectivity index (χ0n) is 14.6. The number of alkyl halides is 3. The second-order valence-corrected chi connectivity index (χ2v) is 7.52. The molecule has 0 aliphatic rings. The molecule has 3 rings (SSSR count). The molecular formula is C19H10Cl3F3N2O2S. The van der Waals surface area contributed by atoms with Crippen LogP contribution in [0.4, 0.5) is 18.9 Å². The van der Waals surface area contributed by atoms with Crippen LogP contribution in [-0.2, 0) is 6.18 Å². The number of carbonyl (C=O) groups is 1. The number of hydrogen-bond donors (Lipinski definition) is 2. The number of benzene rings is 2. The molecule has 0 saturated carbocycles. The number of carbonyl (C=O) groups excluding carboxylic acids is 1. The molecule has 11 heteroatoms. The van der Waals surface area contributed by atoms with E-state index in [-0.39, 0.29) is 21.6 Å². The standard InChI is InChI=1S/C19H10Cl3F3N2O2S/c20-11-3-1-9(7-12(11)21)15-5-6-16(29-15)17(28)27-18(30)26-14-4-2-10(8-13(14)22)19(23,24)25/h1-8H,(H2,26,27,28,30). The second kappa shape index (κ2) is 8.85. The molecule has 0 aliphatic heterocycles. The van der Waals surface area contributed by atoms with Crippen molar-refractivity contribution in [3.8, 4) is 11.3 Å². The van der Waals surface area contributed by atoms with Gasteiger partial charge in [-0.2, -0.15) is 13.2 Å². The minimum Gasteiger partial charge on any atom is -0.451 e. The summed E-state index contributed by atoms with van der Waals surface area (Å²) in [5.41, 5.74) is -0.190. The van der Waals surface area contributed by atoms with Crippen molar-refractivity contribution < 1.29 is 22.4 Å². The molecule has 0 atom stereocenters. The van der Waals surface area contributed by atoms with E-state index in [1.807, 2.05) is 0 Å². The zero-order chi connectivity index (χ0) is 22.1. The Hall–Kier alpha value is -2.26. The summed E-state index contributed by atoms with van der Waals surface area (Å²) < 4.78 is 43.6. The number of halogens is 6. The summed E-state index contributed by atoms with van der Waals surface area (Å²) in [6.07, 6.45) is -4.53. The van der Waals surface area contributed by atoms with Crippen molar-refractivity contribution in [1.82, 2.24) is 5.32 Å². The molecular weight excluding hydrogens is 484 g/mol. The molecule has 0 saturated heterocycles. The van der Waals surface area contributed by atoms with E-state index in [9.17, 15) is 18.0 Å². The van der Waals surface area contributed by atoms with Crippen molar-refractivity contribution in [2.24, 2.45) is 0 Å². The average molecular weight is 494 g/mol. The van der Waals surface area contributed by atoms with E-state index in [4.69, 9.17) is 51.4 Å². The summed E-state index contributed by atoms with van der Waals surface area (Å²) in [7, 11) is 0. The van der Waals surface area contributed by atoms with Crippen LogP contribution in [0.25, 0.3) is 11.3 Å². The summed E-state index contributed by atoms with van der Waals surface area (Å²) in [5, 5.41) is 5.26. The fourth-order valence-corrected chi connectivity index (χ4v) is 3.10. The van der Waals surface area contributed by atoms with Gasteiger partial charge in [0.05, 0.1) is 26.3 Å². The number of nitrogens with one attached hydrogen (secondary N) is 2. The van der Waals surface area contributed by atoms with Gasteiger partial charge in [-0.3, -0.25) is 10.1 Å². The third-order valence-electron chi connectivity index (χ3n) is 3.81. The van der Waals surface area contributed by atoms with Gasteiger partial charge in [0.1, 0.15) is 5.76 Å². The van der Waals surface area contributed by atoms with E-state index in [0.717, 1.165) is 18.2 Å². The predicted molar refractivity (Wildman–Crippen MR) is 114 cm³/mol. The number of amides is 1. The van der Waals surface area contributed by atoms with Crippen molar-refractivity contribution in [3.05, 3.63) is 74.9 Å². The summed E-state index contributed by atoms with van der Waals surface area (Å²) in [5.74, 6) is -0.330. The first-order valence-electron chi connectivity index (χ1n) is 8.09. The Morgan fingerprint density at radius 3 is 2.30 bits per heavy atom. The molecule has 0 aliphatic carbocycles. The number of anilines is 1. The van der Waals surface area contributed by atoms with Crippen molar-refractivity contribution in [3.63, 3.8) is 0 Å². The normalized spacial score (nSPS) is 11.3. The Bertz CT molecular complexity index is 1130. The molecule has 30 heavy (non-hydrogen) atoms. The minimum absolute atomic E-state index is 0.0428. The van der Waals surface area contributed by atoms with E-state index >= 15 is 0 Å². The molecule has 0 unspecified atom stereocenters. The summed E-state index contributed by atoms with van der Waals surface area (Å²) in [6, 6.07) is 10.6. The topological polar surface area (TPSA) is 54.3 Å². The molecule has 4 nitrogen and oxygen atoms in total. The first kappa shape index (κ1) is 22.4. The first-order chi connectivity index (χ1) is 14.0. The number of thiocarbonyl (C=S) groups is 1. The van der Waals surface area contributed by atoms with Gasteiger partial charge in [0.15, 0.2) is 10.9 Å². The maximum Gasteiger partial charge on any atom is 0.416 e. The van der Waals surface area contributed by atoms with Crippen molar-refractivity contribution >= 4 is 63.7 Å². The molecule has 0 bridgehead atoms. The monoisotopic (exact) mass is 492 g/mol. The van der Waals surface area contributed by atoms with Crippen molar-refractivity contribution in [1.29, 1.82) is 0 Å². The lowest BCUT2D eigenvalue weighted by Crippen LogP contribution is -2.34. The van der Waals surface area contributed by atoms with Crippen LogP contribution in [-0.4, -0.2) is 11.0 Å². The summed E-state index contributed by atoms with van der Waals surface area (Å²) in [4.78, 5) is 12.3. The lowest BCUT2D eigenvalue weighted by molar-refractivity contribution is -0.137. The molecule has 3 aromatic rings. The highest BCUT2D eigenvalue weighted by atomic mass is 35.5. The zero-order valence-corrected chi connectivity index (χ0v) is 17.7. The Balaban J connectivity index is 1.67. The summed E-state index contributed by atoms with van der Waals surface area (Å²) >= 11 is 22.7. The lowest BCUT2D eigenvalue weighted by Gasteiger charge is -2.12. The number of hydrogen-bond acceptors (Lipinski definition) is 3. The minimum atomic E-state index is -4.53.